The molecular weight excluding hydrogens is 355 g/mol. The molecule has 27 heavy (non-hydrogen) atoms. The molecule has 142 valence electrons. The monoisotopic (exact) mass is 374 g/mol. The summed E-state index contributed by atoms with van der Waals surface area (Å²) in [6, 6.07) is 11.6. The number of hydrogen-bond acceptors (Lipinski definition) is 5. The number of esters is 1. The number of hydrogen-bond donors (Lipinski definition) is 2. The summed E-state index contributed by atoms with van der Waals surface area (Å²) in [5.74, 6) is -1.55. The topological polar surface area (TPSA) is 93.7 Å². The summed E-state index contributed by atoms with van der Waals surface area (Å²) in [4.78, 5) is 34.8. The Balaban J connectivity index is 1.79. The standard InChI is InChI=1S/C19H19FN2O5/c1-12(27-18(24)11-26-17-9-3-14(20)4-10-17)19(25)22-16-7-5-15(6-8-16)21-13(2)23/h3-10,12H,11H2,1-2H3,(H,21,23)(H,22,25)/t12-/m0/s1. The second-order valence-electron chi connectivity index (χ2n) is 5.62. The van der Waals surface area contributed by atoms with Crippen molar-refractivity contribution in [3.63, 3.8) is 0 Å². The zero-order chi connectivity index (χ0) is 19.8. The zero-order valence-corrected chi connectivity index (χ0v) is 14.8. The van der Waals surface area contributed by atoms with Crippen molar-refractivity contribution in [1.29, 1.82) is 0 Å². The van der Waals surface area contributed by atoms with Crippen LogP contribution in [0.2, 0.25) is 0 Å². The summed E-state index contributed by atoms with van der Waals surface area (Å²) in [5, 5.41) is 5.21. The fraction of sp³-hybridized carbons (Fsp3) is 0.211. The minimum absolute atomic E-state index is 0.199. The molecule has 0 heterocycles. The summed E-state index contributed by atoms with van der Waals surface area (Å²) in [6.07, 6.45) is -1.04. The van der Waals surface area contributed by atoms with Crippen molar-refractivity contribution in [1.82, 2.24) is 0 Å². The van der Waals surface area contributed by atoms with E-state index in [-0.39, 0.29) is 5.91 Å². The van der Waals surface area contributed by atoms with Crippen LogP contribution in [0.5, 0.6) is 5.75 Å². The van der Waals surface area contributed by atoms with E-state index in [1.54, 1.807) is 24.3 Å². The van der Waals surface area contributed by atoms with Gasteiger partial charge in [-0.15, -0.1) is 0 Å². The van der Waals surface area contributed by atoms with Crippen molar-refractivity contribution < 1.29 is 28.2 Å². The maximum Gasteiger partial charge on any atom is 0.344 e. The van der Waals surface area contributed by atoms with Crippen LogP contribution in [-0.2, 0) is 19.1 Å². The van der Waals surface area contributed by atoms with Gasteiger partial charge in [0.05, 0.1) is 0 Å². The molecule has 0 saturated heterocycles. The molecule has 8 heteroatoms. The van der Waals surface area contributed by atoms with Crippen molar-refractivity contribution in [3.05, 3.63) is 54.3 Å². The highest BCUT2D eigenvalue weighted by molar-refractivity contribution is 5.95. The first-order valence-electron chi connectivity index (χ1n) is 8.10. The number of halogens is 1. The van der Waals surface area contributed by atoms with E-state index in [4.69, 9.17) is 9.47 Å². The number of nitrogens with one attached hydrogen (secondary N) is 2. The Morgan fingerprint density at radius 2 is 1.52 bits per heavy atom. The van der Waals surface area contributed by atoms with E-state index >= 15 is 0 Å². The highest BCUT2D eigenvalue weighted by atomic mass is 19.1. The zero-order valence-electron chi connectivity index (χ0n) is 14.8. The van der Waals surface area contributed by atoms with E-state index in [0.29, 0.717) is 17.1 Å². The van der Waals surface area contributed by atoms with E-state index in [0.717, 1.165) is 0 Å². The lowest BCUT2D eigenvalue weighted by Crippen LogP contribution is -2.31. The number of rotatable bonds is 7. The lowest BCUT2D eigenvalue weighted by Gasteiger charge is -2.14. The Bertz CT molecular complexity index is 806. The summed E-state index contributed by atoms with van der Waals surface area (Å²) in [7, 11) is 0. The van der Waals surface area contributed by atoms with E-state index in [1.165, 1.54) is 38.1 Å². The predicted octanol–water partition coefficient (Wildman–Crippen LogP) is 2.73. The van der Waals surface area contributed by atoms with Gasteiger partial charge in [0, 0.05) is 18.3 Å². The molecule has 2 aromatic carbocycles. The molecule has 0 aliphatic rings. The van der Waals surface area contributed by atoms with Crippen LogP contribution >= 0.6 is 0 Å². The van der Waals surface area contributed by atoms with Gasteiger partial charge in [-0.2, -0.15) is 0 Å². The second-order valence-corrected chi connectivity index (χ2v) is 5.62. The molecule has 0 aromatic heterocycles. The van der Waals surface area contributed by atoms with Crippen LogP contribution in [0.4, 0.5) is 15.8 Å². The van der Waals surface area contributed by atoms with Crippen molar-refractivity contribution in [3.8, 4) is 5.75 Å². The quantitative estimate of drug-likeness (QED) is 0.727. The Kier molecular flexibility index (Phi) is 6.87. The van der Waals surface area contributed by atoms with Crippen molar-refractivity contribution in [2.24, 2.45) is 0 Å². The van der Waals surface area contributed by atoms with Gasteiger partial charge >= 0.3 is 5.97 Å². The molecule has 7 nitrogen and oxygen atoms in total. The third kappa shape index (κ3) is 6.77. The van der Waals surface area contributed by atoms with Gasteiger partial charge in [-0.3, -0.25) is 9.59 Å². The van der Waals surface area contributed by atoms with Crippen LogP contribution in [-0.4, -0.2) is 30.5 Å². The van der Waals surface area contributed by atoms with Crippen LogP contribution in [0, 0.1) is 5.82 Å². The first kappa shape index (κ1) is 19.9. The lowest BCUT2D eigenvalue weighted by atomic mass is 10.2. The molecule has 0 saturated carbocycles. The molecule has 0 aliphatic heterocycles. The third-order valence-corrected chi connectivity index (χ3v) is 3.32. The van der Waals surface area contributed by atoms with Gasteiger partial charge < -0.3 is 20.1 Å². The van der Waals surface area contributed by atoms with Crippen LogP contribution in [0.25, 0.3) is 0 Å². The van der Waals surface area contributed by atoms with Crippen LogP contribution in [0.15, 0.2) is 48.5 Å². The molecule has 0 aliphatic carbocycles. The molecule has 0 unspecified atom stereocenters. The first-order valence-corrected chi connectivity index (χ1v) is 8.10. The largest absolute Gasteiger partial charge is 0.482 e. The molecule has 1 atom stereocenters. The maximum absolute atomic E-state index is 12.8. The summed E-state index contributed by atoms with van der Waals surface area (Å²) in [6.45, 7) is 2.41. The molecule has 0 fully saturated rings. The van der Waals surface area contributed by atoms with E-state index in [2.05, 4.69) is 10.6 Å². The third-order valence-electron chi connectivity index (χ3n) is 3.32. The average molecular weight is 374 g/mol. The fourth-order valence-electron chi connectivity index (χ4n) is 2.04. The van der Waals surface area contributed by atoms with Gasteiger partial charge in [-0.1, -0.05) is 0 Å². The Morgan fingerprint density at radius 1 is 0.963 bits per heavy atom. The normalized spacial score (nSPS) is 11.2. The van der Waals surface area contributed by atoms with Crippen molar-refractivity contribution in [2.75, 3.05) is 17.2 Å². The summed E-state index contributed by atoms with van der Waals surface area (Å²) >= 11 is 0. The Hall–Kier alpha value is -3.42. The van der Waals surface area contributed by atoms with Gasteiger partial charge in [-0.05, 0) is 55.5 Å². The maximum atomic E-state index is 12.8. The molecule has 0 radical (unpaired) electrons. The molecule has 2 amide bonds. The van der Waals surface area contributed by atoms with Gasteiger partial charge in [0.25, 0.3) is 5.91 Å². The Labute approximate surface area is 155 Å². The van der Waals surface area contributed by atoms with Gasteiger partial charge in [0.15, 0.2) is 12.7 Å². The highest BCUT2D eigenvalue weighted by Gasteiger charge is 2.18. The highest BCUT2D eigenvalue weighted by Crippen LogP contribution is 2.14. The molecule has 0 bridgehead atoms. The Morgan fingerprint density at radius 3 is 2.07 bits per heavy atom. The van der Waals surface area contributed by atoms with Crippen LogP contribution in [0.1, 0.15) is 13.8 Å². The van der Waals surface area contributed by atoms with Gasteiger partial charge in [-0.25, -0.2) is 9.18 Å². The minimum Gasteiger partial charge on any atom is -0.482 e. The number of benzene rings is 2. The van der Waals surface area contributed by atoms with Crippen LogP contribution in [0.3, 0.4) is 0 Å². The molecule has 2 rings (SSSR count). The van der Waals surface area contributed by atoms with E-state index in [1.807, 2.05) is 0 Å². The number of carbonyl (C=O) groups excluding carboxylic acids is 3. The summed E-state index contributed by atoms with van der Waals surface area (Å²) in [5.41, 5.74) is 1.08. The van der Waals surface area contributed by atoms with Gasteiger partial charge in [0.1, 0.15) is 11.6 Å². The van der Waals surface area contributed by atoms with Crippen LogP contribution < -0.4 is 15.4 Å². The number of ether oxygens (including phenoxy) is 2. The van der Waals surface area contributed by atoms with Crippen molar-refractivity contribution >= 4 is 29.2 Å². The fourth-order valence-corrected chi connectivity index (χ4v) is 2.04. The molecule has 0 spiro atoms. The minimum atomic E-state index is -1.04. The van der Waals surface area contributed by atoms with E-state index < -0.39 is 30.4 Å². The molecule has 2 aromatic rings. The number of anilines is 2. The summed E-state index contributed by atoms with van der Waals surface area (Å²) < 4.78 is 23.0. The number of carbonyl (C=O) groups is 3. The molecular formula is C19H19FN2O5. The molecule has 2 N–H and O–H groups in total. The average Bonchev–Trinajstić information content (AvgIpc) is 2.62. The SMILES string of the molecule is CC(=O)Nc1ccc(NC(=O)[C@H](C)OC(=O)COc2ccc(F)cc2)cc1. The predicted molar refractivity (Wildman–Crippen MR) is 96.8 cm³/mol. The smallest absolute Gasteiger partial charge is 0.344 e. The van der Waals surface area contributed by atoms with Crippen molar-refractivity contribution in [2.45, 2.75) is 20.0 Å². The second kappa shape index (κ2) is 9.33. The number of amides is 2. The lowest BCUT2D eigenvalue weighted by molar-refractivity contribution is -0.155. The van der Waals surface area contributed by atoms with E-state index in [9.17, 15) is 18.8 Å². The van der Waals surface area contributed by atoms with Gasteiger partial charge in [0.2, 0.25) is 5.91 Å². The first-order chi connectivity index (χ1) is 12.8.